The number of aryl methyl sites for hydroxylation is 2. The van der Waals surface area contributed by atoms with E-state index < -0.39 is 11.9 Å². The van der Waals surface area contributed by atoms with Crippen molar-refractivity contribution in [2.45, 2.75) is 217 Å². The number of pyridine rings is 2. The molecule has 6 nitrogen and oxygen atoms in total. The van der Waals surface area contributed by atoms with Gasteiger partial charge in [0.1, 0.15) is 13.1 Å². The molecular weight excluding hydrogens is 829 g/mol. The Balaban J connectivity index is 0.000000330. The van der Waals surface area contributed by atoms with Crippen LogP contribution in [0.3, 0.4) is 0 Å². The van der Waals surface area contributed by atoms with Crippen LogP contribution >= 0.6 is 21.6 Å². The predicted octanol–water partition coefficient (Wildman–Crippen LogP) is 16.8. The number of hydrogen-bond donors (Lipinski definition) is 2. The number of aromatic carboxylic acids is 2. The maximum absolute atomic E-state index is 10.7. The number of carbonyl (C=O) groups is 2. The molecule has 8 heteroatoms. The summed E-state index contributed by atoms with van der Waals surface area (Å²) in [5.74, 6) is -1.89. The third kappa shape index (κ3) is 32.1. The lowest BCUT2D eigenvalue weighted by Gasteiger charge is -2.02. The summed E-state index contributed by atoms with van der Waals surface area (Å²) < 4.78 is 4.58. The van der Waals surface area contributed by atoms with Crippen LogP contribution in [0.1, 0.15) is 214 Å². The average Bonchev–Trinajstić information content (AvgIpc) is 3.32. The van der Waals surface area contributed by atoms with Crippen LogP contribution in [0, 0.1) is 0 Å². The van der Waals surface area contributed by atoms with Crippen molar-refractivity contribution in [3.8, 4) is 0 Å². The van der Waals surface area contributed by atoms with Crippen LogP contribution < -0.4 is 9.13 Å². The van der Waals surface area contributed by atoms with Crippen LogP contribution in [0.25, 0.3) is 0 Å². The van der Waals surface area contributed by atoms with E-state index in [0.717, 1.165) is 9.79 Å². The highest BCUT2D eigenvalue weighted by Gasteiger charge is 2.05. The SMILES string of the molecule is CCCCCCCCCCCCCCCC[n+]1ccccc1.CCCCCCCCCCCCCCCC[n+]1ccccc1.O=C(O)c1ccc(SSc2ccc(C(=O)O)cc2)cc1. The van der Waals surface area contributed by atoms with E-state index in [-0.39, 0.29) is 11.1 Å². The van der Waals surface area contributed by atoms with Gasteiger partial charge in [0, 0.05) is 46.9 Å². The minimum Gasteiger partial charge on any atom is -0.478 e. The molecule has 0 saturated heterocycles. The van der Waals surface area contributed by atoms with E-state index in [1.54, 1.807) is 48.5 Å². The van der Waals surface area contributed by atoms with Crippen molar-refractivity contribution in [1.29, 1.82) is 0 Å². The molecule has 2 N–H and O–H groups in total. The Morgan fingerprint density at radius 1 is 0.359 bits per heavy atom. The Hall–Kier alpha value is -3.62. The molecule has 0 aliphatic carbocycles. The zero-order chi connectivity index (χ0) is 46.0. The normalized spacial score (nSPS) is 10.7. The smallest absolute Gasteiger partial charge is 0.335 e. The number of benzene rings is 2. The quantitative estimate of drug-likeness (QED) is 0.0272. The Bertz CT molecular complexity index is 1530. The van der Waals surface area contributed by atoms with E-state index in [1.807, 2.05) is 0 Å². The van der Waals surface area contributed by atoms with Gasteiger partial charge >= 0.3 is 11.9 Å². The molecule has 0 spiro atoms. The summed E-state index contributed by atoms with van der Waals surface area (Å²) in [6, 6.07) is 25.8. The zero-order valence-electron chi connectivity index (χ0n) is 40.0. The summed E-state index contributed by atoms with van der Waals surface area (Å²) in [4.78, 5) is 23.3. The van der Waals surface area contributed by atoms with Crippen molar-refractivity contribution in [1.82, 2.24) is 0 Å². The van der Waals surface area contributed by atoms with Gasteiger partial charge in [-0.05, 0) is 61.4 Å². The van der Waals surface area contributed by atoms with Gasteiger partial charge < -0.3 is 10.2 Å². The fourth-order valence-corrected chi connectivity index (χ4v) is 9.48. The fraction of sp³-hybridized carbons (Fsp3) is 0.571. The second kappa shape index (κ2) is 40.9. The molecule has 4 aromatic rings. The molecule has 64 heavy (non-hydrogen) atoms. The van der Waals surface area contributed by atoms with Gasteiger partial charge in [-0.1, -0.05) is 202 Å². The first kappa shape index (κ1) is 56.5. The van der Waals surface area contributed by atoms with Crippen molar-refractivity contribution in [2.24, 2.45) is 0 Å². The fourth-order valence-electron chi connectivity index (χ4n) is 7.55. The lowest BCUT2D eigenvalue weighted by Crippen LogP contribution is -2.32. The molecule has 0 radical (unpaired) electrons. The maximum Gasteiger partial charge on any atom is 0.335 e. The van der Waals surface area contributed by atoms with Gasteiger partial charge in [-0.25, -0.2) is 18.7 Å². The highest BCUT2D eigenvalue weighted by Crippen LogP contribution is 2.37. The molecule has 0 aliphatic rings. The van der Waals surface area contributed by atoms with Gasteiger partial charge in [-0.3, -0.25) is 0 Å². The lowest BCUT2D eigenvalue weighted by molar-refractivity contribution is -0.697. The predicted molar refractivity (Wildman–Crippen MR) is 272 cm³/mol. The van der Waals surface area contributed by atoms with Crippen LogP contribution in [0.5, 0.6) is 0 Å². The highest BCUT2D eigenvalue weighted by molar-refractivity contribution is 8.76. The summed E-state index contributed by atoms with van der Waals surface area (Å²) in [7, 11) is 2.97. The molecule has 0 atom stereocenters. The van der Waals surface area contributed by atoms with E-state index in [0.29, 0.717) is 0 Å². The van der Waals surface area contributed by atoms with E-state index in [4.69, 9.17) is 10.2 Å². The number of unbranched alkanes of at least 4 members (excludes halogenated alkanes) is 26. The number of rotatable bonds is 35. The molecule has 2 aromatic heterocycles. The van der Waals surface area contributed by atoms with Gasteiger partial charge in [0.15, 0.2) is 24.8 Å². The highest BCUT2D eigenvalue weighted by atomic mass is 33.1. The lowest BCUT2D eigenvalue weighted by atomic mass is 10.0. The number of aromatic nitrogens is 2. The van der Waals surface area contributed by atoms with Crippen LogP contribution in [0.2, 0.25) is 0 Å². The molecule has 0 saturated carbocycles. The number of nitrogens with zero attached hydrogens (tertiary/aromatic N) is 2. The monoisotopic (exact) mass is 915 g/mol. The van der Waals surface area contributed by atoms with Crippen molar-refractivity contribution in [3.63, 3.8) is 0 Å². The standard InChI is InChI=1S/2C21H38N.C14H10O4S2/c2*1-2-3-4-5-6-7-8-9-10-11-12-13-14-16-19-22-20-17-15-18-21-22;15-13(16)9-1-5-11(6-2-9)19-20-12-7-3-10(4-8-12)14(17)18/h2*15,17-18,20-21H,2-14,16,19H2,1H3;1-8H,(H,15,16)(H,17,18)/q2*+1;. The number of carboxylic acid groups (broad SMARTS) is 2. The van der Waals surface area contributed by atoms with Crippen LogP contribution in [-0.4, -0.2) is 22.2 Å². The van der Waals surface area contributed by atoms with E-state index in [1.165, 1.54) is 214 Å². The van der Waals surface area contributed by atoms with E-state index in [2.05, 4.69) is 84.2 Å². The Morgan fingerprint density at radius 2 is 0.594 bits per heavy atom. The molecule has 0 bridgehead atoms. The van der Waals surface area contributed by atoms with Gasteiger partial charge in [0.25, 0.3) is 0 Å². The van der Waals surface area contributed by atoms with Crippen molar-refractivity contribution in [2.75, 3.05) is 0 Å². The molecule has 0 fully saturated rings. The minimum atomic E-state index is -0.946. The number of carboxylic acids is 2. The van der Waals surface area contributed by atoms with Crippen molar-refractivity contribution in [3.05, 3.63) is 121 Å². The molecule has 4 rings (SSSR count). The van der Waals surface area contributed by atoms with Gasteiger partial charge in [0.05, 0.1) is 11.1 Å². The van der Waals surface area contributed by atoms with Crippen LogP contribution in [0.15, 0.2) is 120 Å². The third-order valence-corrected chi connectivity index (χ3v) is 13.9. The van der Waals surface area contributed by atoms with Crippen LogP contribution in [0.4, 0.5) is 0 Å². The van der Waals surface area contributed by atoms with Gasteiger partial charge in [-0.15, -0.1) is 0 Å². The number of hydrogen-bond acceptors (Lipinski definition) is 4. The average molecular weight is 915 g/mol. The molecular formula is C56H86N2O4S2+2. The summed E-state index contributed by atoms with van der Waals surface area (Å²) in [6.07, 6.45) is 48.8. The van der Waals surface area contributed by atoms with Crippen molar-refractivity contribution >= 4 is 33.5 Å². The summed E-state index contributed by atoms with van der Waals surface area (Å²) in [6.45, 7) is 6.94. The minimum absolute atomic E-state index is 0.255. The van der Waals surface area contributed by atoms with Gasteiger partial charge in [-0.2, -0.15) is 0 Å². The molecule has 0 amide bonds. The van der Waals surface area contributed by atoms with Gasteiger partial charge in [0.2, 0.25) is 0 Å². The second-order valence-corrected chi connectivity index (χ2v) is 19.5. The van der Waals surface area contributed by atoms with Crippen LogP contribution in [-0.2, 0) is 13.1 Å². The Morgan fingerprint density at radius 3 is 0.828 bits per heavy atom. The Labute approximate surface area is 397 Å². The zero-order valence-corrected chi connectivity index (χ0v) is 41.7. The molecule has 354 valence electrons. The van der Waals surface area contributed by atoms with Crippen molar-refractivity contribution < 1.29 is 28.9 Å². The summed E-state index contributed by atoms with van der Waals surface area (Å²) in [5.41, 5.74) is 0.510. The molecule has 2 heterocycles. The van der Waals surface area contributed by atoms with E-state index in [9.17, 15) is 9.59 Å². The second-order valence-electron chi connectivity index (χ2n) is 17.2. The summed E-state index contributed by atoms with van der Waals surface area (Å²) >= 11 is 0. The molecule has 0 unspecified atom stereocenters. The Kier molecular flexibility index (Phi) is 36.1. The van der Waals surface area contributed by atoms with E-state index >= 15 is 0 Å². The molecule has 2 aromatic carbocycles. The third-order valence-electron chi connectivity index (χ3n) is 11.5. The molecule has 0 aliphatic heterocycles. The first-order valence-corrected chi connectivity index (χ1v) is 27.5. The largest absolute Gasteiger partial charge is 0.478 e. The first-order valence-electron chi connectivity index (χ1n) is 25.3. The summed E-state index contributed by atoms with van der Waals surface area (Å²) in [5, 5.41) is 17.6. The topological polar surface area (TPSA) is 82.4 Å². The first-order chi connectivity index (χ1) is 31.4. The maximum atomic E-state index is 10.7.